The number of aryl methyl sites for hydroxylation is 2. The Balaban J connectivity index is 1.27. The third-order valence-electron chi connectivity index (χ3n) is 7.34. The fourth-order valence-corrected chi connectivity index (χ4v) is 7.16. The van der Waals surface area contributed by atoms with Gasteiger partial charge >= 0.3 is 0 Å². The highest BCUT2D eigenvalue weighted by Crippen LogP contribution is 2.38. The number of carbonyl (C=O) groups is 3. The Morgan fingerprint density at radius 1 is 0.909 bits per heavy atom. The van der Waals surface area contributed by atoms with Gasteiger partial charge in [-0.15, -0.1) is 0 Å². The van der Waals surface area contributed by atoms with Gasteiger partial charge in [0, 0.05) is 22.8 Å². The van der Waals surface area contributed by atoms with Crippen molar-refractivity contribution in [3.63, 3.8) is 0 Å². The van der Waals surface area contributed by atoms with Crippen molar-refractivity contribution in [2.24, 2.45) is 0 Å². The number of halogens is 1. The van der Waals surface area contributed by atoms with E-state index < -0.39 is 27.9 Å². The first-order valence-corrected chi connectivity index (χ1v) is 15.8. The smallest absolute Gasteiger partial charge is 0.265 e. The molecule has 9 nitrogen and oxygen atoms in total. The molecular weight excluding hydrogens is 600 g/mol. The molecule has 0 radical (unpaired) electrons. The van der Waals surface area contributed by atoms with E-state index in [2.05, 4.69) is 16.0 Å². The maximum Gasteiger partial charge on any atom is 0.265 e. The van der Waals surface area contributed by atoms with Gasteiger partial charge in [0.15, 0.2) is 0 Å². The molecule has 1 heterocycles. The molecule has 0 unspecified atom stereocenters. The van der Waals surface area contributed by atoms with Crippen LogP contribution in [0.15, 0.2) is 95.9 Å². The molecule has 1 aliphatic rings. The lowest BCUT2D eigenvalue weighted by atomic mass is 10.1. The van der Waals surface area contributed by atoms with Crippen LogP contribution in [0.1, 0.15) is 33.5 Å². The minimum absolute atomic E-state index is 0.0118. The van der Waals surface area contributed by atoms with Gasteiger partial charge in [0.2, 0.25) is 11.8 Å². The van der Waals surface area contributed by atoms with Crippen LogP contribution < -0.4 is 20.3 Å². The van der Waals surface area contributed by atoms with Crippen LogP contribution >= 0.6 is 11.6 Å². The minimum Gasteiger partial charge on any atom is -0.356 e. The minimum atomic E-state index is -4.26. The van der Waals surface area contributed by atoms with Gasteiger partial charge in [-0.25, -0.2) is 8.42 Å². The molecule has 226 valence electrons. The van der Waals surface area contributed by atoms with Gasteiger partial charge < -0.3 is 16.0 Å². The zero-order valence-electron chi connectivity index (χ0n) is 24.1. The third kappa shape index (κ3) is 6.61. The Labute approximate surface area is 261 Å². The van der Waals surface area contributed by atoms with Crippen molar-refractivity contribution in [1.82, 2.24) is 5.32 Å². The maximum absolute atomic E-state index is 14.1. The van der Waals surface area contributed by atoms with E-state index in [4.69, 9.17) is 11.6 Å². The highest BCUT2D eigenvalue weighted by Gasteiger charge is 2.42. The summed E-state index contributed by atoms with van der Waals surface area (Å²) in [6.45, 7) is 3.61. The fourth-order valence-electron chi connectivity index (χ4n) is 5.01. The number of anilines is 3. The van der Waals surface area contributed by atoms with E-state index in [1.165, 1.54) is 6.07 Å². The summed E-state index contributed by atoms with van der Waals surface area (Å²) in [5.74, 6) is -1.28. The van der Waals surface area contributed by atoms with Crippen LogP contribution in [0.4, 0.5) is 17.1 Å². The molecule has 0 fully saturated rings. The summed E-state index contributed by atoms with van der Waals surface area (Å²) >= 11 is 6.22. The summed E-state index contributed by atoms with van der Waals surface area (Å²) < 4.78 is 29.2. The fraction of sp³-hybridized carbons (Fsp3) is 0.182. The number of nitrogens with one attached hydrogen (secondary N) is 3. The molecule has 3 amide bonds. The van der Waals surface area contributed by atoms with Gasteiger partial charge in [0.25, 0.3) is 15.9 Å². The number of nitrogens with zero attached hydrogens (tertiary/aromatic N) is 1. The molecule has 3 N–H and O–H groups in total. The monoisotopic (exact) mass is 630 g/mol. The van der Waals surface area contributed by atoms with Crippen molar-refractivity contribution >= 4 is 56.4 Å². The second kappa shape index (κ2) is 12.9. The second-order valence-electron chi connectivity index (χ2n) is 10.5. The molecule has 1 atom stereocenters. The van der Waals surface area contributed by atoms with Crippen LogP contribution in [0.3, 0.4) is 0 Å². The number of fused-ring (bicyclic) bond motifs is 1. The normalized spacial score (nSPS) is 14.4. The number of amides is 3. The van der Waals surface area contributed by atoms with Crippen molar-refractivity contribution in [3.05, 3.63) is 118 Å². The van der Waals surface area contributed by atoms with Crippen molar-refractivity contribution < 1.29 is 22.8 Å². The number of rotatable bonds is 9. The molecule has 11 heteroatoms. The van der Waals surface area contributed by atoms with Crippen molar-refractivity contribution in [2.75, 3.05) is 21.5 Å². The van der Waals surface area contributed by atoms with Crippen LogP contribution in [-0.4, -0.2) is 38.7 Å². The molecule has 0 aromatic heterocycles. The molecule has 1 aliphatic heterocycles. The predicted molar refractivity (Wildman–Crippen MR) is 172 cm³/mol. The molecule has 0 spiro atoms. The summed E-state index contributed by atoms with van der Waals surface area (Å²) in [4.78, 5) is 38.7. The molecule has 0 aliphatic carbocycles. The Hall–Kier alpha value is -4.67. The maximum atomic E-state index is 14.1. The van der Waals surface area contributed by atoms with E-state index in [1.807, 2.05) is 18.2 Å². The van der Waals surface area contributed by atoms with E-state index in [9.17, 15) is 22.8 Å². The van der Waals surface area contributed by atoms with Gasteiger partial charge in [-0.3, -0.25) is 18.7 Å². The molecule has 0 saturated heterocycles. The molecule has 44 heavy (non-hydrogen) atoms. The summed E-state index contributed by atoms with van der Waals surface area (Å²) in [6.07, 6.45) is 0.110. The highest BCUT2D eigenvalue weighted by molar-refractivity contribution is 7.93. The van der Waals surface area contributed by atoms with E-state index >= 15 is 0 Å². The summed E-state index contributed by atoms with van der Waals surface area (Å²) in [6, 6.07) is 24.5. The van der Waals surface area contributed by atoms with E-state index in [-0.39, 0.29) is 29.5 Å². The zero-order chi connectivity index (χ0) is 31.4. The number of carbonyl (C=O) groups excluding carboxylic acids is 3. The Bertz CT molecular complexity index is 1830. The van der Waals surface area contributed by atoms with Gasteiger partial charge in [0.05, 0.1) is 22.7 Å². The summed E-state index contributed by atoms with van der Waals surface area (Å²) in [5, 5.41) is 8.82. The number of hydrogen-bond acceptors (Lipinski definition) is 5. The standard InChI is InChI=1S/C33H31ClN4O5S/c1-21-19-30(22(2)18-26(21)34)44(42,43)38-28-11-7-6-10-27(28)37-33(41)29(38)20-31(39)35-17-16-23-12-14-25(15-13-23)36-32(40)24-8-4-3-5-9-24/h3-15,18-19,29H,16-17,20H2,1-2H3,(H,35,39)(H,36,40)(H,37,41)/t29-/m1/s1. The van der Waals surface area contributed by atoms with Crippen molar-refractivity contribution in [3.8, 4) is 0 Å². The highest BCUT2D eigenvalue weighted by atomic mass is 35.5. The first-order valence-electron chi connectivity index (χ1n) is 14.0. The first kappa shape index (κ1) is 30.8. The molecule has 0 bridgehead atoms. The SMILES string of the molecule is Cc1cc(S(=O)(=O)N2c3ccccc3NC(=O)[C@H]2CC(=O)NCCc2ccc(NC(=O)c3ccccc3)cc2)c(C)cc1Cl. The molecular formula is C33H31ClN4O5S. The summed E-state index contributed by atoms with van der Waals surface area (Å²) in [5.41, 5.74) is 3.73. The lowest BCUT2D eigenvalue weighted by Crippen LogP contribution is -2.53. The average Bonchev–Trinajstić information content (AvgIpc) is 3.00. The largest absolute Gasteiger partial charge is 0.356 e. The lowest BCUT2D eigenvalue weighted by molar-refractivity contribution is -0.125. The third-order valence-corrected chi connectivity index (χ3v) is 9.71. The predicted octanol–water partition coefficient (Wildman–Crippen LogP) is 5.47. The lowest BCUT2D eigenvalue weighted by Gasteiger charge is -2.37. The summed E-state index contributed by atoms with van der Waals surface area (Å²) in [7, 11) is -4.26. The average molecular weight is 631 g/mol. The van der Waals surface area contributed by atoms with Gasteiger partial charge in [-0.05, 0) is 85.5 Å². The van der Waals surface area contributed by atoms with Crippen LogP contribution in [0.2, 0.25) is 5.02 Å². The molecule has 4 aromatic carbocycles. The van der Waals surface area contributed by atoms with Crippen LogP contribution in [0.25, 0.3) is 0 Å². The van der Waals surface area contributed by atoms with Crippen LogP contribution in [0.5, 0.6) is 0 Å². The van der Waals surface area contributed by atoms with Crippen molar-refractivity contribution in [1.29, 1.82) is 0 Å². The number of para-hydroxylation sites is 2. The van der Waals surface area contributed by atoms with Crippen LogP contribution in [0, 0.1) is 13.8 Å². The topological polar surface area (TPSA) is 125 Å². The Morgan fingerprint density at radius 2 is 1.59 bits per heavy atom. The molecule has 0 saturated carbocycles. The molecule has 4 aromatic rings. The Morgan fingerprint density at radius 3 is 2.32 bits per heavy atom. The second-order valence-corrected chi connectivity index (χ2v) is 12.7. The van der Waals surface area contributed by atoms with E-state index in [1.54, 1.807) is 80.6 Å². The Kier molecular flexibility index (Phi) is 9.03. The zero-order valence-corrected chi connectivity index (χ0v) is 25.7. The van der Waals surface area contributed by atoms with Crippen LogP contribution in [-0.2, 0) is 26.0 Å². The van der Waals surface area contributed by atoms with Gasteiger partial charge in [0.1, 0.15) is 6.04 Å². The number of hydrogen-bond donors (Lipinski definition) is 3. The number of benzene rings is 4. The van der Waals surface area contributed by atoms with Gasteiger partial charge in [-0.1, -0.05) is 54.1 Å². The molecule has 5 rings (SSSR count). The van der Waals surface area contributed by atoms with E-state index in [0.29, 0.717) is 39.5 Å². The first-order chi connectivity index (χ1) is 21.0. The van der Waals surface area contributed by atoms with Crippen molar-refractivity contribution in [2.45, 2.75) is 37.6 Å². The van der Waals surface area contributed by atoms with E-state index in [0.717, 1.165) is 9.87 Å². The quantitative estimate of drug-likeness (QED) is 0.226. The van der Waals surface area contributed by atoms with Gasteiger partial charge in [-0.2, -0.15) is 0 Å². The number of sulfonamides is 1.